The smallest absolute Gasteiger partial charge is 0.421 e. The van der Waals surface area contributed by atoms with Crippen molar-refractivity contribution in [1.82, 2.24) is 24.9 Å². The molecule has 0 saturated carbocycles. The second kappa shape index (κ2) is 7.01. The quantitative estimate of drug-likeness (QED) is 0.462. The Morgan fingerprint density at radius 2 is 1.10 bits per heavy atom. The van der Waals surface area contributed by atoms with Crippen LogP contribution < -0.4 is 5.72 Å². The van der Waals surface area contributed by atoms with Gasteiger partial charge in [0.2, 0.25) is 0 Å². The third kappa shape index (κ3) is 3.31. The van der Waals surface area contributed by atoms with Crippen LogP contribution >= 0.6 is 0 Å². The van der Waals surface area contributed by atoms with E-state index in [1.165, 1.54) is 0 Å². The lowest BCUT2D eigenvalue weighted by Crippen LogP contribution is -2.36. The summed E-state index contributed by atoms with van der Waals surface area (Å²) in [4.78, 5) is 21.9. The fourth-order valence-electron chi connectivity index (χ4n) is 3.15. The Labute approximate surface area is 165 Å². The van der Waals surface area contributed by atoms with Crippen LogP contribution in [-0.4, -0.2) is 42.1 Å². The van der Waals surface area contributed by atoms with Crippen molar-refractivity contribution in [2.75, 3.05) is 0 Å². The lowest BCUT2D eigenvalue weighted by atomic mass is 9.90. The van der Waals surface area contributed by atoms with Gasteiger partial charge in [-0.1, -0.05) is 36.4 Å². The topological polar surface area (TPSA) is 105 Å². The number of hydrogen-bond donors (Lipinski definition) is 2. The number of para-hydroxylation sites is 2. The Morgan fingerprint density at radius 3 is 1.59 bits per heavy atom. The Hall–Kier alpha value is -3.75. The van der Waals surface area contributed by atoms with Gasteiger partial charge < -0.3 is 10.0 Å². The third-order valence-corrected chi connectivity index (χ3v) is 4.58. The molecule has 0 bridgehead atoms. The fraction of sp³-hybridized carbons (Fsp3) is 0. The minimum atomic E-state index is -1.82. The van der Waals surface area contributed by atoms with Crippen molar-refractivity contribution in [2.45, 2.75) is 0 Å². The van der Waals surface area contributed by atoms with E-state index in [4.69, 9.17) is 0 Å². The molecule has 7 nitrogen and oxygen atoms in total. The fourth-order valence-corrected chi connectivity index (χ4v) is 3.15. The molecule has 5 aromatic rings. The predicted molar refractivity (Wildman–Crippen MR) is 111 cm³/mol. The maximum atomic E-state index is 9.68. The van der Waals surface area contributed by atoms with Gasteiger partial charge in [0.25, 0.3) is 0 Å². The Morgan fingerprint density at radius 1 is 0.621 bits per heavy atom. The number of pyridine rings is 2. The maximum absolute atomic E-state index is 9.68. The minimum absolute atomic E-state index is 0.133. The molecule has 3 heterocycles. The van der Waals surface area contributed by atoms with E-state index >= 15 is 0 Å². The van der Waals surface area contributed by atoms with Gasteiger partial charge in [-0.05, 0) is 24.3 Å². The summed E-state index contributed by atoms with van der Waals surface area (Å²) in [6.07, 6.45) is 3.32. The molecule has 0 amide bonds. The number of hydrogen-bond acceptors (Lipinski definition) is 7. The summed E-state index contributed by atoms with van der Waals surface area (Å²) < 4.78 is 0. The normalized spacial score (nSPS) is 11.1. The summed E-state index contributed by atoms with van der Waals surface area (Å²) in [5, 5.41) is 21.2. The molecule has 0 spiro atoms. The largest absolute Gasteiger partial charge is 0.528 e. The molecule has 0 radical (unpaired) electrons. The summed E-state index contributed by atoms with van der Waals surface area (Å²) in [7, 11) is -1.82. The summed E-state index contributed by atoms with van der Waals surface area (Å²) in [5.41, 5.74) is 2.88. The molecule has 0 aliphatic rings. The summed E-state index contributed by atoms with van der Waals surface area (Å²) in [6.45, 7) is 0. The number of fused-ring (bicyclic) bond motifs is 2. The molecule has 2 N–H and O–H groups in total. The van der Waals surface area contributed by atoms with E-state index in [2.05, 4.69) is 24.9 Å². The van der Waals surface area contributed by atoms with Gasteiger partial charge in [-0.25, -0.2) is 15.0 Å². The van der Waals surface area contributed by atoms with Gasteiger partial charge in [0, 0.05) is 34.3 Å². The number of aromatic nitrogens is 5. The molecule has 29 heavy (non-hydrogen) atoms. The van der Waals surface area contributed by atoms with E-state index in [-0.39, 0.29) is 5.72 Å². The summed E-state index contributed by atoms with van der Waals surface area (Å²) in [6, 6.07) is 19.2. The average Bonchev–Trinajstić information content (AvgIpc) is 2.78. The van der Waals surface area contributed by atoms with Gasteiger partial charge in [-0.3, -0.25) is 9.97 Å². The number of rotatable bonds is 3. The van der Waals surface area contributed by atoms with Crippen LogP contribution in [0.4, 0.5) is 0 Å². The molecule has 0 unspecified atom stereocenters. The molecule has 0 fully saturated rings. The van der Waals surface area contributed by atoms with Crippen molar-refractivity contribution in [1.29, 1.82) is 0 Å². The monoisotopic (exact) mass is 379 g/mol. The van der Waals surface area contributed by atoms with Gasteiger partial charge in [0.05, 0.1) is 11.0 Å². The van der Waals surface area contributed by atoms with Gasteiger partial charge in [0.1, 0.15) is 0 Å². The lowest BCUT2D eigenvalue weighted by molar-refractivity contribution is 0.422. The molecule has 0 atom stereocenters. The second-order valence-electron chi connectivity index (χ2n) is 6.55. The van der Waals surface area contributed by atoms with Gasteiger partial charge in [-0.15, -0.1) is 0 Å². The van der Waals surface area contributed by atoms with Gasteiger partial charge in [0.15, 0.2) is 17.4 Å². The Bertz CT molecular complexity index is 1260. The molecular formula is C21H14BN5O2. The first-order valence-corrected chi connectivity index (χ1v) is 9.00. The van der Waals surface area contributed by atoms with E-state index in [0.717, 1.165) is 21.8 Å². The third-order valence-electron chi connectivity index (χ3n) is 4.58. The van der Waals surface area contributed by atoms with Crippen LogP contribution in [0.1, 0.15) is 0 Å². The van der Waals surface area contributed by atoms with Crippen LogP contribution in [0.3, 0.4) is 0 Å². The average molecular weight is 379 g/mol. The van der Waals surface area contributed by atoms with E-state index in [1.807, 2.05) is 60.7 Å². The van der Waals surface area contributed by atoms with Crippen molar-refractivity contribution in [3.05, 3.63) is 73.1 Å². The van der Waals surface area contributed by atoms with Crippen LogP contribution in [0.2, 0.25) is 0 Å². The van der Waals surface area contributed by atoms with Crippen molar-refractivity contribution in [3.8, 4) is 22.8 Å². The Kier molecular flexibility index (Phi) is 4.20. The zero-order valence-electron chi connectivity index (χ0n) is 15.1. The first-order valence-electron chi connectivity index (χ1n) is 9.00. The van der Waals surface area contributed by atoms with Crippen LogP contribution in [0.5, 0.6) is 0 Å². The van der Waals surface area contributed by atoms with E-state index in [1.54, 1.807) is 12.4 Å². The van der Waals surface area contributed by atoms with Crippen LogP contribution in [0.25, 0.3) is 44.6 Å². The number of nitrogens with zero attached hydrogens (tertiary/aromatic N) is 5. The van der Waals surface area contributed by atoms with E-state index in [9.17, 15) is 10.0 Å². The lowest BCUT2D eigenvalue weighted by Gasteiger charge is -2.08. The summed E-state index contributed by atoms with van der Waals surface area (Å²) >= 11 is 0. The highest BCUT2D eigenvalue weighted by molar-refractivity contribution is 6.56. The molecule has 0 aliphatic carbocycles. The highest BCUT2D eigenvalue weighted by Gasteiger charge is 2.20. The highest BCUT2D eigenvalue weighted by Crippen LogP contribution is 2.23. The van der Waals surface area contributed by atoms with Crippen molar-refractivity contribution >= 4 is 34.6 Å². The molecule has 8 heteroatoms. The molecule has 0 saturated heterocycles. The predicted octanol–water partition coefficient (Wildman–Crippen LogP) is 1.98. The van der Waals surface area contributed by atoms with Crippen LogP contribution in [0.15, 0.2) is 73.1 Å². The highest BCUT2D eigenvalue weighted by atomic mass is 16.4. The van der Waals surface area contributed by atoms with Crippen molar-refractivity contribution in [3.63, 3.8) is 0 Å². The molecule has 5 rings (SSSR count). The van der Waals surface area contributed by atoms with E-state index in [0.29, 0.717) is 22.8 Å². The van der Waals surface area contributed by atoms with Gasteiger partial charge in [-0.2, -0.15) is 0 Å². The molecule has 138 valence electrons. The molecule has 0 aliphatic heterocycles. The minimum Gasteiger partial charge on any atom is -0.421 e. The summed E-state index contributed by atoms with van der Waals surface area (Å²) in [5.74, 6) is 0.619. The first kappa shape index (κ1) is 17.4. The zero-order chi connectivity index (χ0) is 19.8. The standard InChI is InChI=1S/C21H14BN5O2/c28-22(29)21-26-19(15-9-13-5-1-3-7-17(13)23-11-15)25-20(27-21)16-10-14-6-2-4-8-18(14)24-12-16/h1-12,28-29H. The van der Waals surface area contributed by atoms with Crippen LogP contribution in [-0.2, 0) is 0 Å². The Balaban J connectivity index is 1.68. The van der Waals surface area contributed by atoms with Crippen molar-refractivity contribution in [2.24, 2.45) is 0 Å². The molecular weight excluding hydrogens is 365 g/mol. The molecule has 3 aromatic heterocycles. The SMILES string of the molecule is OB(O)c1nc(-c2cnc3ccccc3c2)nc(-c2cnc3ccccc3c2)n1. The van der Waals surface area contributed by atoms with E-state index < -0.39 is 7.12 Å². The number of benzene rings is 2. The first-order chi connectivity index (χ1) is 14.2. The maximum Gasteiger partial charge on any atom is 0.528 e. The second-order valence-corrected chi connectivity index (χ2v) is 6.55. The van der Waals surface area contributed by atoms with Gasteiger partial charge >= 0.3 is 7.12 Å². The van der Waals surface area contributed by atoms with Crippen LogP contribution in [0, 0.1) is 0 Å². The molecule has 2 aromatic carbocycles. The zero-order valence-corrected chi connectivity index (χ0v) is 15.1. The van der Waals surface area contributed by atoms with Crippen molar-refractivity contribution < 1.29 is 10.0 Å².